The van der Waals surface area contributed by atoms with Crippen LogP contribution in [0.1, 0.15) is 22.3 Å². The molecule has 4 heteroatoms. The highest BCUT2D eigenvalue weighted by Gasteiger charge is 2.08. The van der Waals surface area contributed by atoms with Crippen molar-refractivity contribution < 1.29 is 13.6 Å². The van der Waals surface area contributed by atoms with E-state index in [2.05, 4.69) is 15.9 Å². The first-order chi connectivity index (χ1) is 5.63. The van der Waals surface area contributed by atoms with Gasteiger partial charge in [-0.25, -0.2) is 8.78 Å². The highest BCUT2D eigenvalue weighted by molar-refractivity contribution is 9.10. The molecule has 1 nitrogen and oxygen atoms in total. The van der Waals surface area contributed by atoms with Gasteiger partial charge in [-0.15, -0.1) is 0 Å². The molecule has 0 radical (unpaired) electrons. The Kier molecular flexibility index (Phi) is 2.92. The molecule has 0 bridgehead atoms. The molecule has 1 aromatic rings. The van der Waals surface area contributed by atoms with Gasteiger partial charge >= 0.3 is 0 Å². The number of carbonyl (C=O) groups excluding carboxylic acids is 1. The molecule has 0 aliphatic heterocycles. The second-order valence-corrected chi connectivity index (χ2v) is 3.15. The van der Waals surface area contributed by atoms with Crippen LogP contribution >= 0.6 is 15.9 Å². The molecule has 0 aromatic heterocycles. The monoisotopic (exact) mass is 234 g/mol. The molecule has 64 valence electrons. The third-order valence-corrected chi connectivity index (χ3v) is 1.79. The highest BCUT2D eigenvalue weighted by atomic mass is 79.9. The average Bonchev–Trinajstić information content (AvgIpc) is 2.03. The van der Waals surface area contributed by atoms with Gasteiger partial charge in [0.1, 0.15) is 6.29 Å². The summed E-state index contributed by atoms with van der Waals surface area (Å²) >= 11 is 3.03. The Labute approximate surface area is 76.5 Å². The number of aldehydes is 1. The van der Waals surface area contributed by atoms with Gasteiger partial charge < -0.3 is 0 Å². The smallest absolute Gasteiger partial charge is 0.263 e. The molecule has 0 fully saturated rings. The zero-order valence-corrected chi connectivity index (χ0v) is 7.51. The maximum atomic E-state index is 12.1. The molecule has 1 rings (SSSR count). The molecule has 0 atom stereocenters. The van der Waals surface area contributed by atoms with Gasteiger partial charge in [0.15, 0.2) is 0 Å². The Bertz CT molecular complexity index is 299. The summed E-state index contributed by atoms with van der Waals surface area (Å²) in [5.74, 6) is 0. The first-order valence-corrected chi connectivity index (χ1v) is 3.96. The lowest BCUT2D eigenvalue weighted by atomic mass is 10.1. The summed E-state index contributed by atoms with van der Waals surface area (Å²) in [6.45, 7) is 0. The van der Waals surface area contributed by atoms with Gasteiger partial charge in [0.2, 0.25) is 0 Å². The number of carbonyl (C=O) groups is 1. The number of hydrogen-bond donors (Lipinski definition) is 0. The minimum Gasteiger partial charge on any atom is -0.298 e. The maximum absolute atomic E-state index is 12.1. The van der Waals surface area contributed by atoms with Crippen LogP contribution in [-0.4, -0.2) is 6.29 Å². The van der Waals surface area contributed by atoms with Gasteiger partial charge in [-0.3, -0.25) is 4.79 Å². The fourth-order valence-electron chi connectivity index (χ4n) is 0.830. The summed E-state index contributed by atoms with van der Waals surface area (Å²) < 4.78 is 24.7. The lowest BCUT2D eigenvalue weighted by Crippen LogP contribution is -1.87. The Balaban J connectivity index is 3.14. The van der Waals surface area contributed by atoms with Crippen LogP contribution in [0.5, 0.6) is 0 Å². The van der Waals surface area contributed by atoms with Crippen molar-refractivity contribution in [2.24, 2.45) is 0 Å². The Morgan fingerprint density at radius 3 is 2.50 bits per heavy atom. The molecular formula is C8H5BrF2O. The summed E-state index contributed by atoms with van der Waals surface area (Å²) in [6, 6.07) is 3.94. The van der Waals surface area contributed by atoms with E-state index in [9.17, 15) is 13.6 Å². The van der Waals surface area contributed by atoms with Gasteiger partial charge in [-0.05, 0) is 18.2 Å². The molecule has 1 aromatic carbocycles. The van der Waals surface area contributed by atoms with Crippen molar-refractivity contribution in [1.29, 1.82) is 0 Å². The first-order valence-electron chi connectivity index (χ1n) is 3.17. The summed E-state index contributed by atoms with van der Waals surface area (Å²) in [5.41, 5.74) is 0.103. The van der Waals surface area contributed by atoms with Crippen molar-refractivity contribution in [3.63, 3.8) is 0 Å². The lowest BCUT2D eigenvalue weighted by Gasteiger charge is -2.00. The van der Waals surface area contributed by atoms with E-state index in [0.29, 0.717) is 10.8 Å². The van der Waals surface area contributed by atoms with Gasteiger partial charge in [0, 0.05) is 15.6 Å². The molecule has 0 amide bonds. The zero-order valence-electron chi connectivity index (χ0n) is 5.93. The van der Waals surface area contributed by atoms with Gasteiger partial charge in [-0.2, -0.15) is 0 Å². The van der Waals surface area contributed by atoms with Crippen LogP contribution in [-0.2, 0) is 0 Å². The van der Waals surface area contributed by atoms with Crippen LogP contribution in [0.15, 0.2) is 22.7 Å². The van der Waals surface area contributed by atoms with Crippen molar-refractivity contribution in [3.05, 3.63) is 33.8 Å². The fourth-order valence-corrected chi connectivity index (χ4v) is 1.36. The van der Waals surface area contributed by atoms with E-state index in [4.69, 9.17) is 0 Å². The van der Waals surface area contributed by atoms with Gasteiger partial charge in [-0.1, -0.05) is 15.9 Å². The van der Waals surface area contributed by atoms with Crippen LogP contribution in [0, 0.1) is 0 Å². The Morgan fingerprint density at radius 2 is 2.00 bits per heavy atom. The predicted molar refractivity (Wildman–Crippen MR) is 44.5 cm³/mol. The number of alkyl halides is 2. The van der Waals surface area contributed by atoms with E-state index in [0.717, 1.165) is 0 Å². The van der Waals surface area contributed by atoms with Crippen molar-refractivity contribution >= 4 is 22.2 Å². The minimum atomic E-state index is -2.54. The first kappa shape index (κ1) is 9.32. The molecule has 12 heavy (non-hydrogen) atoms. The van der Waals surface area contributed by atoms with Crippen molar-refractivity contribution in [2.75, 3.05) is 0 Å². The molecule has 0 aliphatic carbocycles. The predicted octanol–water partition coefficient (Wildman–Crippen LogP) is 3.20. The third-order valence-electron chi connectivity index (χ3n) is 1.33. The summed E-state index contributed by atoms with van der Waals surface area (Å²) in [6.07, 6.45) is -2.00. The van der Waals surface area contributed by atoms with Crippen LogP contribution in [0.25, 0.3) is 0 Å². The van der Waals surface area contributed by atoms with Crippen molar-refractivity contribution in [2.45, 2.75) is 6.43 Å². The normalized spacial score (nSPS) is 10.3. The summed E-state index contributed by atoms with van der Waals surface area (Å²) in [7, 11) is 0. The number of hydrogen-bond acceptors (Lipinski definition) is 1. The fraction of sp³-hybridized carbons (Fsp3) is 0.125. The van der Waals surface area contributed by atoms with E-state index < -0.39 is 6.43 Å². The molecular weight excluding hydrogens is 230 g/mol. The van der Waals surface area contributed by atoms with Crippen LogP contribution in [0.4, 0.5) is 8.78 Å². The Morgan fingerprint density at radius 1 is 1.33 bits per heavy atom. The molecule has 0 heterocycles. The standard InChI is InChI=1S/C8H5BrF2O/c9-7-2-5(4-12)1-6(3-7)8(10)11/h1-4,8H. The van der Waals surface area contributed by atoms with Crippen LogP contribution in [0.3, 0.4) is 0 Å². The molecule has 0 unspecified atom stereocenters. The summed E-state index contributed by atoms with van der Waals surface area (Å²) in [4.78, 5) is 10.3. The van der Waals surface area contributed by atoms with E-state index in [1.54, 1.807) is 0 Å². The van der Waals surface area contributed by atoms with Crippen molar-refractivity contribution in [3.8, 4) is 0 Å². The largest absolute Gasteiger partial charge is 0.298 e. The second kappa shape index (κ2) is 3.76. The number of benzene rings is 1. The number of halogens is 3. The summed E-state index contributed by atoms with van der Waals surface area (Å²) in [5, 5.41) is 0. The van der Waals surface area contributed by atoms with Gasteiger partial charge in [0.25, 0.3) is 6.43 Å². The minimum absolute atomic E-state index is 0.147. The van der Waals surface area contributed by atoms with E-state index >= 15 is 0 Å². The second-order valence-electron chi connectivity index (χ2n) is 2.24. The highest BCUT2D eigenvalue weighted by Crippen LogP contribution is 2.23. The molecule has 0 saturated carbocycles. The quantitative estimate of drug-likeness (QED) is 0.719. The van der Waals surface area contributed by atoms with Gasteiger partial charge in [0.05, 0.1) is 0 Å². The SMILES string of the molecule is O=Cc1cc(Br)cc(C(F)F)c1. The van der Waals surface area contributed by atoms with E-state index in [-0.39, 0.29) is 11.1 Å². The Hall–Kier alpha value is -0.770. The molecule has 0 spiro atoms. The number of rotatable bonds is 2. The third kappa shape index (κ3) is 2.11. The lowest BCUT2D eigenvalue weighted by molar-refractivity contribution is 0.112. The van der Waals surface area contributed by atoms with Crippen molar-refractivity contribution in [1.82, 2.24) is 0 Å². The van der Waals surface area contributed by atoms with Crippen LogP contribution in [0.2, 0.25) is 0 Å². The molecule has 0 N–H and O–H groups in total. The zero-order chi connectivity index (χ0) is 9.14. The molecule has 0 saturated heterocycles. The average molecular weight is 235 g/mol. The topological polar surface area (TPSA) is 17.1 Å². The van der Waals surface area contributed by atoms with E-state index in [1.807, 2.05) is 0 Å². The maximum Gasteiger partial charge on any atom is 0.263 e. The molecule has 0 aliphatic rings. The van der Waals surface area contributed by atoms with Crippen LogP contribution < -0.4 is 0 Å². The van der Waals surface area contributed by atoms with E-state index in [1.165, 1.54) is 18.2 Å².